The predicted octanol–water partition coefficient (Wildman–Crippen LogP) is 4.33. The van der Waals surface area contributed by atoms with Gasteiger partial charge in [0.1, 0.15) is 12.1 Å². The fraction of sp³-hybridized carbons (Fsp3) is 0.258. The largest absolute Gasteiger partial charge is 0.416 e. The summed E-state index contributed by atoms with van der Waals surface area (Å²) in [5, 5.41) is 20.5. The van der Waals surface area contributed by atoms with E-state index in [2.05, 4.69) is 16.7 Å². The smallest absolute Gasteiger partial charge is 0.341 e. The predicted molar refractivity (Wildman–Crippen MR) is 164 cm³/mol. The van der Waals surface area contributed by atoms with Gasteiger partial charge in [0.25, 0.3) is 5.91 Å². The number of amides is 3. The van der Waals surface area contributed by atoms with Crippen LogP contribution in [0, 0.1) is 11.3 Å². The molecule has 2 unspecified atom stereocenters. The highest BCUT2D eigenvalue weighted by atomic mass is 35.5. The van der Waals surface area contributed by atoms with Crippen LogP contribution in [0.5, 0.6) is 0 Å². The number of carbonyl (C=O) groups excluding carboxylic acids is 3. The zero-order valence-corrected chi connectivity index (χ0v) is 25.2. The van der Waals surface area contributed by atoms with Gasteiger partial charge in [-0.15, -0.1) is 12.4 Å². The third kappa shape index (κ3) is 6.33. The highest BCUT2D eigenvalue weighted by Crippen LogP contribution is 2.40. The lowest BCUT2D eigenvalue weighted by Gasteiger charge is -2.26. The molecule has 2 atom stereocenters. The first-order valence-corrected chi connectivity index (χ1v) is 13.7. The zero-order chi connectivity index (χ0) is 31.8. The van der Waals surface area contributed by atoms with Gasteiger partial charge in [-0.25, -0.2) is 4.68 Å². The van der Waals surface area contributed by atoms with E-state index in [1.807, 2.05) is 0 Å². The number of nitriles is 1. The Hall–Kier alpha value is -4.93. The van der Waals surface area contributed by atoms with Crippen molar-refractivity contribution in [2.24, 2.45) is 0 Å². The average Bonchev–Trinajstić information content (AvgIpc) is 3.33. The van der Waals surface area contributed by atoms with Crippen LogP contribution in [0.2, 0.25) is 0 Å². The maximum absolute atomic E-state index is 14.2. The Balaban J connectivity index is 0.00000461. The van der Waals surface area contributed by atoms with Crippen molar-refractivity contribution in [2.45, 2.75) is 38.7 Å². The zero-order valence-electron chi connectivity index (χ0n) is 24.4. The normalized spacial score (nSPS) is 15.5. The fourth-order valence-corrected chi connectivity index (χ4v) is 5.14. The number of alkyl halides is 3. The summed E-state index contributed by atoms with van der Waals surface area (Å²) < 4.78 is 43.0. The van der Waals surface area contributed by atoms with Gasteiger partial charge < -0.3 is 20.4 Å². The second-order valence-electron chi connectivity index (χ2n) is 10.3. The molecule has 10 nitrogen and oxygen atoms in total. The highest BCUT2D eigenvalue weighted by Gasteiger charge is 2.39. The van der Waals surface area contributed by atoms with Crippen LogP contribution in [0.1, 0.15) is 30.7 Å². The average molecular weight is 640 g/mol. The van der Waals surface area contributed by atoms with E-state index in [4.69, 9.17) is 5.10 Å². The molecule has 1 aliphatic heterocycles. The van der Waals surface area contributed by atoms with Crippen LogP contribution >= 0.6 is 12.4 Å². The number of hydrogen-bond donors (Lipinski definition) is 2. The van der Waals surface area contributed by atoms with Crippen LogP contribution in [-0.4, -0.2) is 53.2 Å². The molecule has 3 aromatic carbocycles. The van der Waals surface area contributed by atoms with Gasteiger partial charge in [-0.05, 0) is 50.4 Å². The number of rotatable bonds is 6. The molecule has 0 bridgehead atoms. The molecule has 2 N–H and O–H groups in total. The molecule has 0 saturated heterocycles. The number of anilines is 2. The van der Waals surface area contributed by atoms with Crippen molar-refractivity contribution in [3.63, 3.8) is 0 Å². The molecule has 45 heavy (non-hydrogen) atoms. The Bertz CT molecular complexity index is 1820. The maximum atomic E-state index is 14.2. The van der Waals surface area contributed by atoms with Gasteiger partial charge >= 0.3 is 6.18 Å². The number of halogens is 4. The number of para-hydroxylation sites is 2. The van der Waals surface area contributed by atoms with Gasteiger partial charge in [0.2, 0.25) is 11.8 Å². The Kier molecular flexibility index (Phi) is 9.50. The number of nitrogens with one attached hydrogen (secondary N) is 2. The van der Waals surface area contributed by atoms with Crippen LogP contribution in [0.25, 0.3) is 16.6 Å². The first kappa shape index (κ1) is 33.0. The number of aromatic nitrogens is 2. The Morgan fingerprint density at radius 1 is 1.07 bits per heavy atom. The van der Waals surface area contributed by atoms with Gasteiger partial charge in [0, 0.05) is 12.3 Å². The lowest BCUT2D eigenvalue weighted by Crippen LogP contribution is -2.55. The summed E-state index contributed by atoms with van der Waals surface area (Å²) in [5.74, 6) is -1.77. The number of nitrogens with zero attached hydrogens (tertiary/aromatic N) is 5. The van der Waals surface area contributed by atoms with E-state index >= 15 is 0 Å². The van der Waals surface area contributed by atoms with E-state index in [1.165, 1.54) is 11.8 Å². The second-order valence-corrected chi connectivity index (χ2v) is 10.3. The van der Waals surface area contributed by atoms with Crippen molar-refractivity contribution in [2.75, 3.05) is 23.4 Å². The molecule has 3 amide bonds. The van der Waals surface area contributed by atoms with Gasteiger partial charge in [-0.2, -0.15) is 23.5 Å². The molecular formula is C31H29ClF3N7O3. The van der Waals surface area contributed by atoms with Gasteiger partial charge in [0.05, 0.1) is 58.5 Å². The lowest BCUT2D eigenvalue weighted by atomic mass is 10.1. The van der Waals surface area contributed by atoms with Crippen molar-refractivity contribution >= 4 is 52.4 Å². The summed E-state index contributed by atoms with van der Waals surface area (Å²) in [4.78, 5) is 42.1. The number of likely N-dealkylation sites (N-methyl/N-ethyl adjacent to an activating group) is 1. The molecule has 234 valence electrons. The molecule has 0 fully saturated rings. The molecule has 14 heteroatoms. The number of fused-ring (bicyclic) bond motifs is 2. The molecule has 0 aliphatic carbocycles. The molecule has 0 spiro atoms. The SMILES string of the molecule is CNC(C)C(=O)NC1CN(C(C)=O)c2cc(C(F)(F)F)ccc2N(Cc2nn(-c3ccccc3C#N)c3ccccc23)C1=O.Cl. The number of carbonyl (C=O) groups is 3. The molecule has 1 aliphatic rings. The third-order valence-electron chi connectivity index (χ3n) is 7.56. The monoisotopic (exact) mass is 639 g/mol. The van der Waals surface area contributed by atoms with E-state index in [1.54, 1.807) is 67.2 Å². The Morgan fingerprint density at radius 3 is 2.42 bits per heavy atom. The summed E-state index contributed by atoms with van der Waals surface area (Å²) in [7, 11) is 1.56. The van der Waals surface area contributed by atoms with E-state index in [0.717, 1.165) is 23.1 Å². The van der Waals surface area contributed by atoms with E-state index < -0.39 is 41.5 Å². The fourth-order valence-electron chi connectivity index (χ4n) is 5.14. The van der Waals surface area contributed by atoms with Crippen LogP contribution in [-0.2, 0) is 27.1 Å². The van der Waals surface area contributed by atoms with Crippen molar-refractivity contribution in [1.29, 1.82) is 5.26 Å². The van der Waals surface area contributed by atoms with Crippen LogP contribution in [0.15, 0.2) is 66.7 Å². The standard InChI is InChI=1S/C31H28F3N7O3.ClH/c1-18(36-3)29(43)37-24-17-39(19(2)42)28-14-21(31(32,33)34)12-13-27(28)40(30(24)44)16-23-22-9-5-7-11-26(22)41(38-23)25-10-6-4-8-20(25)15-35;/h4-14,18,24,36H,16-17H2,1-3H3,(H,37,43);1H. The summed E-state index contributed by atoms with van der Waals surface area (Å²) in [6.45, 7) is 2.17. The van der Waals surface area contributed by atoms with Gasteiger partial charge in [0.15, 0.2) is 0 Å². The quantitative estimate of drug-likeness (QED) is 0.324. The Morgan fingerprint density at radius 2 is 1.76 bits per heavy atom. The first-order valence-electron chi connectivity index (χ1n) is 13.7. The molecule has 4 aromatic rings. The number of benzene rings is 3. The lowest BCUT2D eigenvalue weighted by molar-refractivity contribution is -0.137. The molecule has 2 heterocycles. The van der Waals surface area contributed by atoms with E-state index in [0.29, 0.717) is 27.8 Å². The van der Waals surface area contributed by atoms with Crippen LogP contribution in [0.4, 0.5) is 24.5 Å². The molecule has 0 radical (unpaired) electrons. The minimum absolute atomic E-state index is 0. The minimum atomic E-state index is -4.71. The van der Waals surface area contributed by atoms with Crippen LogP contribution in [0.3, 0.4) is 0 Å². The topological polar surface area (TPSA) is 123 Å². The van der Waals surface area contributed by atoms with E-state index in [-0.39, 0.29) is 36.9 Å². The second kappa shape index (κ2) is 13.0. The van der Waals surface area contributed by atoms with Crippen molar-refractivity contribution in [1.82, 2.24) is 20.4 Å². The molecule has 0 saturated carbocycles. The van der Waals surface area contributed by atoms with Crippen molar-refractivity contribution < 1.29 is 27.6 Å². The summed E-state index contributed by atoms with van der Waals surface area (Å²) in [6.07, 6.45) is -4.71. The summed E-state index contributed by atoms with van der Waals surface area (Å²) in [6, 6.07) is 17.0. The highest BCUT2D eigenvalue weighted by molar-refractivity contribution is 6.08. The molecule has 1 aromatic heterocycles. The minimum Gasteiger partial charge on any atom is -0.341 e. The molecular weight excluding hydrogens is 611 g/mol. The number of hydrogen-bond acceptors (Lipinski definition) is 6. The van der Waals surface area contributed by atoms with Crippen LogP contribution < -0.4 is 20.4 Å². The van der Waals surface area contributed by atoms with Gasteiger partial charge in [-0.3, -0.25) is 14.4 Å². The maximum Gasteiger partial charge on any atom is 0.416 e. The van der Waals surface area contributed by atoms with Gasteiger partial charge in [-0.1, -0.05) is 30.3 Å². The third-order valence-corrected chi connectivity index (χ3v) is 7.56. The summed E-state index contributed by atoms with van der Waals surface area (Å²) >= 11 is 0. The van der Waals surface area contributed by atoms with E-state index in [9.17, 15) is 32.8 Å². The summed E-state index contributed by atoms with van der Waals surface area (Å²) in [5.41, 5.74) is 0.815. The van der Waals surface area contributed by atoms with Crippen molar-refractivity contribution in [3.8, 4) is 11.8 Å². The van der Waals surface area contributed by atoms with Crippen molar-refractivity contribution in [3.05, 3.63) is 83.6 Å². The Labute approximate surface area is 262 Å². The molecule has 5 rings (SSSR count). The first-order chi connectivity index (χ1) is 20.9.